The SMILES string of the molecule is O=C(O)[C@@H]1CCCC[C@H]1c1nc(-c2ccc(F)cc2)oc1-c1ccc(N2CCS(O)(O)CC2)cc1. The molecular formula is C26H29FN2O5S. The Kier molecular flexibility index (Phi) is 6.57. The van der Waals surface area contributed by atoms with Crippen LogP contribution in [0.4, 0.5) is 10.1 Å². The van der Waals surface area contributed by atoms with E-state index in [1.807, 2.05) is 24.3 Å². The first-order chi connectivity index (χ1) is 16.8. The molecule has 7 nitrogen and oxygen atoms in total. The molecule has 0 unspecified atom stereocenters. The number of nitrogens with zero attached hydrogens (tertiary/aromatic N) is 2. The summed E-state index contributed by atoms with van der Waals surface area (Å²) >= 11 is 0. The zero-order valence-electron chi connectivity index (χ0n) is 19.3. The fourth-order valence-electron chi connectivity index (χ4n) is 5.07. The smallest absolute Gasteiger partial charge is 0.307 e. The van der Waals surface area contributed by atoms with E-state index in [0.29, 0.717) is 53.9 Å². The van der Waals surface area contributed by atoms with E-state index in [1.165, 1.54) is 12.1 Å². The molecule has 2 aliphatic rings. The van der Waals surface area contributed by atoms with Gasteiger partial charge in [-0.15, -0.1) is 0 Å². The van der Waals surface area contributed by atoms with E-state index >= 15 is 0 Å². The number of carbonyl (C=O) groups is 1. The second kappa shape index (κ2) is 9.64. The summed E-state index contributed by atoms with van der Waals surface area (Å²) in [5, 5.41) is 9.86. The highest BCUT2D eigenvalue weighted by atomic mass is 32.3. The van der Waals surface area contributed by atoms with E-state index < -0.39 is 22.5 Å². The van der Waals surface area contributed by atoms with Crippen LogP contribution < -0.4 is 4.90 Å². The van der Waals surface area contributed by atoms with E-state index in [9.17, 15) is 23.4 Å². The van der Waals surface area contributed by atoms with Gasteiger partial charge in [0, 0.05) is 35.8 Å². The van der Waals surface area contributed by atoms with Gasteiger partial charge in [0.1, 0.15) is 5.82 Å². The van der Waals surface area contributed by atoms with Crippen LogP contribution in [0.5, 0.6) is 0 Å². The second-order valence-corrected chi connectivity index (χ2v) is 11.7. The Bertz CT molecular complexity index is 1190. The number of carboxylic acids is 1. The van der Waals surface area contributed by atoms with Crippen molar-refractivity contribution in [1.29, 1.82) is 0 Å². The Balaban J connectivity index is 1.50. The summed E-state index contributed by atoms with van der Waals surface area (Å²) in [7, 11) is -2.47. The van der Waals surface area contributed by atoms with E-state index in [-0.39, 0.29) is 11.7 Å². The highest BCUT2D eigenvalue weighted by molar-refractivity contribution is 8.24. The molecule has 1 saturated heterocycles. The van der Waals surface area contributed by atoms with Crippen LogP contribution in [0.1, 0.15) is 37.3 Å². The van der Waals surface area contributed by atoms with Crippen molar-refractivity contribution in [2.45, 2.75) is 31.6 Å². The molecule has 0 spiro atoms. The Morgan fingerprint density at radius 3 is 2.26 bits per heavy atom. The highest BCUT2D eigenvalue weighted by Crippen LogP contribution is 2.44. The standard InChI is InChI=1S/C26H29FN2O5S/c27-19-9-5-18(6-10-19)25-28-23(21-3-1-2-4-22(21)26(30)31)24(34-25)17-7-11-20(12-8-17)29-13-15-35(32,33)16-14-29/h5-12,21-22,32-33H,1-4,13-16H2,(H,30,31)/t21-,22-/m1/s1. The Labute approximate surface area is 205 Å². The summed E-state index contributed by atoms with van der Waals surface area (Å²) in [6.45, 7) is 1.15. The van der Waals surface area contributed by atoms with Crippen LogP contribution in [-0.2, 0) is 4.79 Å². The molecule has 2 fully saturated rings. The van der Waals surface area contributed by atoms with E-state index in [2.05, 4.69) is 4.90 Å². The van der Waals surface area contributed by atoms with E-state index in [4.69, 9.17) is 9.40 Å². The Morgan fingerprint density at radius 1 is 0.971 bits per heavy atom. The molecular weight excluding hydrogens is 471 g/mol. The van der Waals surface area contributed by atoms with Gasteiger partial charge in [-0.25, -0.2) is 9.37 Å². The molecule has 9 heteroatoms. The summed E-state index contributed by atoms with van der Waals surface area (Å²) < 4.78 is 39.5. The van der Waals surface area contributed by atoms with Crippen molar-refractivity contribution < 1.29 is 27.8 Å². The minimum Gasteiger partial charge on any atom is -0.481 e. The fourth-order valence-corrected chi connectivity index (χ4v) is 6.30. The number of anilines is 1. The van der Waals surface area contributed by atoms with E-state index in [0.717, 1.165) is 30.5 Å². The topological polar surface area (TPSA) is 107 Å². The zero-order chi connectivity index (χ0) is 24.6. The minimum atomic E-state index is -2.47. The Morgan fingerprint density at radius 2 is 1.60 bits per heavy atom. The molecule has 3 N–H and O–H groups in total. The van der Waals surface area contributed by atoms with Crippen LogP contribution in [0.25, 0.3) is 22.8 Å². The number of aliphatic carboxylic acids is 1. The number of halogens is 1. The van der Waals surface area contributed by atoms with Gasteiger partial charge in [-0.1, -0.05) is 12.8 Å². The predicted molar refractivity (Wildman–Crippen MR) is 134 cm³/mol. The summed E-state index contributed by atoms with van der Waals surface area (Å²) in [4.78, 5) is 18.9. The molecule has 2 heterocycles. The molecule has 1 saturated carbocycles. The number of carboxylic acid groups (broad SMARTS) is 1. The summed E-state index contributed by atoms with van der Waals surface area (Å²) in [6.07, 6.45) is 3.13. The molecule has 186 valence electrons. The average molecular weight is 501 g/mol. The molecule has 2 aromatic carbocycles. The monoisotopic (exact) mass is 500 g/mol. The van der Waals surface area contributed by atoms with Crippen LogP contribution in [-0.4, -0.2) is 49.8 Å². The van der Waals surface area contributed by atoms with Crippen LogP contribution in [0.15, 0.2) is 52.9 Å². The normalized spacial score (nSPS) is 23.1. The molecule has 0 bridgehead atoms. The Hall–Kier alpha value is -2.88. The molecule has 5 rings (SSSR count). The molecule has 35 heavy (non-hydrogen) atoms. The number of oxazole rings is 1. The van der Waals surface area contributed by atoms with Gasteiger partial charge in [0.05, 0.1) is 23.1 Å². The molecule has 0 amide bonds. The third-order valence-electron chi connectivity index (χ3n) is 7.05. The third-order valence-corrected chi connectivity index (χ3v) is 8.72. The number of rotatable bonds is 5. The predicted octanol–water partition coefficient (Wildman–Crippen LogP) is 6.08. The number of aromatic nitrogens is 1. The van der Waals surface area contributed by atoms with Gasteiger partial charge in [-0.05, 0) is 61.4 Å². The quantitative estimate of drug-likeness (QED) is 0.390. The van der Waals surface area contributed by atoms with Gasteiger partial charge in [0.15, 0.2) is 5.76 Å². The lowest BCUT2D eigenvalue weighted by Gasteiger charge is -2.41. The van der Waals surface area contributed by atoms with Gasteiger partial charge in [0.25, 0.3) is 0 Å². The third kappa shape index (κ3) is 5.07. The minimum absolute atomic E-state index is 0.263. The molecule has 1 aliphatic carbocycles. The lowest BCUT2D eigenvalue weighted by Crippen LogP contribution is -2.38. The van der Waals surface area contributed by atoms with Gasteiger partial charge in [-0.2, -0.15) is 10.6 Å². The largest absolute Gasteiger partial charge is 0.481 e. The van der Waals surface area contributed by atoms with Crippen LogP contribution in [0.3, 0.4) is 0 Å². The fraction of sp³-hybridized carbons (Fsp3) is 0.385. The van der Waals surface area contributed by atoms with Crippen LogP contribution in [0, 0.1) is 11.7 Å². The maximum absolute atomic E-state index is 13.5. The molecule has 0 radical (unpaired) electrons. The van der Waals surface area contributed by atoms with Crippen molar-refractivity contribution in [2.75, 3.05) is 29.5 Å². The lowest BCUT2D eigenvalue weighted by atomic mass is 9.76. The molecule has 3 aromatic rings. The van der Waals surface area contributed by atoms with Crippen molar-refractivity contribution in [2.24, 2.45) is 5.92 Å². The van der Waals surface area contributed by atoms with Crippen molar-refractivity contribution >= 4 is 22.2 Å². The number of hydrogen-bond donors (Lipinski definition) is 3. The molecule has 1 aromatic heterocycles. The highest BCUT2D eigenvalue weighted by Gasteiger charge is 2.36. The summed E-state index contributed by atoms with van der Waals surface area (Å²) in [5.41, 5.74) is 3.03. The number of hydrogen-bond acceptors (Lipinski definition) is 6. The van der Waals surface area contributed by atoms with Gasteiger partial charge < -0.3 is 14.4 Å². The zero-order valence-corrected chi connectivity index (χ0v) is 20.1. The summed E-state index contributed by atoms with van der Waals surface area (Å²) in [6, 6.07) is 13.7. The van der Waals surface area contributed by atoms with Gasteiger partial charge >= 0.3 is 5.97 Å². The first-order valence-corrected chi connectivity index (χ1v) is 13.8. The van der Waals surface area contributed by atoms with Gasteiger partial charge in [0.2, 0.25) is 5.89 Å². The summed E-state index contributed by atoms with van der Waals surface area (Å²) in [5.74, 6) is -0.355. The van der Waals surface area contributed by atoms with Gasteiger partial charge in [-0.3, -0.25) is 13.9 Å². The van der Waals surface area contributed by atoms with Crippen molar-refractivity contribution in [1.82, 2.24) is 4.98 Å². The van der Waals surface area contributed by atoms with Crippen molar-refractivity contribution in [3.05, 3.63) is 60.0 Å². The number of benzene rings is 2. The second-order valence-electron chi connectivity index (χ2n) is 9.32. The lowest BCUT2D eigenvalue weighted by molar-refractivity contribution is -0.143. The molecule has 1 aliphatic heterocycles. The van der Waals surface area contributed by atoms with Crippen LogP contribution >= 0.6 is 10.6 Å². The maximum atomic E-state index is 13.5. The van der Waals surface area contributed by atoms with Crippen LogP contribution in [0.2, 0.25) is 0 Å². The van der Waals surface area contributed by atoms with Crippen molar-refractivity contribution in [3.8, 4) is 22.8 Å². The average Bonchev–Trinajstić information content (AvgIpc) is 3.30. The first-order valence-electron chi connectivity index (χ1n) is 11.9. The van der Waals surface area contributed by atoms with E-state index in [1.54, 1.807) is 12.1 Å². The first kappa shape index (κ1) is 23.8. The molecule has 2 atom stereocenters. The van der Waals surface area contributed by atoms with Crippen molar-refractivity contribution in [3.63, 3.8) is 0 Å². The maximum Gasteiger partial charge on any atom is 0.307 e.